The summed E-state index contributed by atoms with van der Waals surface area (Å²) in [6, 6.07) is 11.0. The second kappa shape index (κ2) is 5.61. The van der Waals surface area contributed by atoms with E-state index in [1.54, 1.807) is 0 Å². The maximum absolute atomic E-state index is 8.91. The van der Waals surface area contributed by atoms with Gasteiger partial charge in [-0.3, -0.25) is 0 Å². The number of ether oxygens (including phenoxy) is 1. The van der Waals surface area contributed by atoms with Crippen molar-refractivity contribution in [2.75, 3.05) is 6.61 Å². The third-order valence-corrected chi connectivity index (χ3v) is 2.45. The lowest BCUT2D eigenvalue weighted by Crippen LogP contribution is -1.96. The van der Waals surface area contributed by atoms with Crippen LogP contribution in [0.25, 0.3) is 11.3 Å². The van der Waals surface area contributed by atoms with E-state index >= 15 is 0 Å². The molecule has 92 valence electrons. The van der Waals surface area contributed by atoms with Gasteiger partial charge < -0.3 is 4.74 Å². The van der Waals surface area contributed by atoms with Crippen LogP contribution in [-0.2, 0) is 0 Å². The van der Waals surface area contributed by atoms with Gasteiger partial charge in [0.25, 0.3) is 0 Å². The number of rotatable bonds is 3. The Morgan fingerprint density at radius 2 is 1.79 bits per heavy atom. The molecule has 2 rings (SSSR count). The molecule has 0 bridgehead atoms. The molecule has 0 aliphatic carbocycles. The van der Waals surface area contributed by atoms with Crippen LogP contribution >= 0.6 is 0 Å². The standard InChI is InChI=1S/C14H10N4O/c1-2-19-11-5-3-10(4-6-11)14-9-17-12(7-15)13(8-16)18-14/h3-6,9H,2H2,1H3. The summed E-state index contributed by atoms with van der Waals surface area (Å²) in [5.74, 6) is 0.772. The summed E-state index contributed by atoms with van der Waals surface area (Å²) in [5.41, 5.74) is 1.45. The summed E-state index contributed by atoms with van der Waals surface area (Å²) in [7, 11) is 0. The predicted molar refractivity (Wildman–Crippen MR) is 68.1 cm³/mol. The van der Waals surface area contributed by atoms with E-state index in [1.807, 2.05) is 43.3 Å². The zero-order valence-corrected chi connectivity index (χ0v) is 10.3. The van der Waals surface area contributed by atoms with Crippen LogP contribution < -0.4 is 4.74 Å². The van der Waals surface area contributed by atoms with Gasteiger partial charge in [-0.25, -0.2) is 9.97 Å². The molecule has 1 aromatic heterocycles. The van der Waals surface area contributed by atoms with Gasteiger partial charge in [-0.05, 0) is 31.2 Å². The lowest BCUT2D eigenvalue weighted by molar-refractivity contribution is 0.340. The fourth-order valence-corrected chi connectivity index (χ4v) is 1.58. The van der Waals surface area contributed by atoms with Crippen molar-refractivity contribution in [1.29, 1.82) is 10.5 Å². The molecular formula is C14H10N4O. The SMILES string of the molecule is CCOc1ccc(-c2cnc(C#N)c(C#N)n2)cc1. The van der Waals surface area contributed by atoms with Gasteiger partial charge in [0, 0.05) is 5.56 Å². The number of nitrogens with zero attached hydrogens (tertiary/aromatic N) is 4. The highest BCUT2D eigenvalue weighted by molar-refractivity contribution is 5.60. The van der Waals surface area contributed by atoms with Crippen LogP contribution in [0.15, 0.2) is 30.5 Å². The van der Waals surface area contributed by atoms with Gasteiger partial charge in [0.1, 0.15) is 17.9 Å². The van der Waals surface area contributed by atoms with Crippen molar-refractivity contribution in [2.24, 2.45) is 0 Å². The molecule has 0 spiro atoms. The molecule has 1 heterocycles. The molecule has 0 fully saturated rings. The van der Waals surface area contributed by atoms with E-state index in [1.165, 1.54) is 6.20 Å². The topological polar surface area (TPSA) is 82.6 Å². The van der Waals surface area contributed by atoms with Crippen LogP contribution in [-0.4, -0.2) is 16.6 Å². The molecule has 5 nitrogen and oxygen atoms in total. The minimum Gasteiger partial charge on any atom is -0.494 e. The Bertz CT molecular complexity index is 665. The Balaban J connectivity index is 2.37. The van der Waals surface area contributed by atoms with Gasteiger partial charge >= 0.3 is 0 Å². The van der Waals surface area contributed by atoms with Crippen LogP contribution in [0.2, 0.25) is 0 Å². The van der Waals surface area contributed by atoms with Crippen LogP contribution in [0, 0.1) is 22.7 Å². The van der Waals surface area contributed by atoms with Crippen molar-refractivity contribution >= 4 is 0 Å². The first kappa shape index (κ1) is 12.5. The normalized spacial score (nSPS) is 9.42. The first-order chi connectivity index (χ1) is 9.28. The minimum absolute atomic E-state index is 0.0360. The number of hydrogen-bond donors (Lipinski definition) is 0. The third-order valence-electron chi connectivity index (χ3n) is 2.45. The predicted octanol–water partition coefficient (Wildman–Crippen LogP) is 2.29. The summed E-state index contributed by atoms with van der Waals surface area (Å²) >= 11 is 0. The fourth-order valence-electron chi connectivity index (χ4n) is 1.58. The van der Waals surface area contributed by atoms with Crippen LogP contribution in [0.4, 0.5) is 0 Å². The number of benzene rings is 1. The Morgan fingerprint density at radius 1 is 1.11 bits per heavy atom. The average molecular weight is 250 g/mol. The lowest BCUT2D eigenvalue weighted by Gasteiger charge is -2.05. The molecule has 0 amide bonds. The van der Waals surface area contributed by atoms with Gasteiger partial charge in [-0.15, -0.1) is 0 Å². The van der Waals surface area contributed by atoms with Crippen molar-refractivity contribution in [3.8, 4) is 29.1 Å². The van der Waals surface area contributed by atoms with Crippen molar-refractivity contribution in [1.82, 2.24) is 9.97 Å². The highest BCUT2D eigenvalue weighted by Crippen LogP contribution is 2.20. The van der Waals surface area contributed by atoms with E-state index in [2.05, 4.69) is 9.97 Å². The van der Waals surface area contributed by atoms with Crippen molar-refractivity contribution in [3.05, 3.63) is 41.9 Å². The van der Waals surface area contributed by atoms with E-state index in [9.17, 15) is 0 Å². The van der Waals surface area contributed by atoms with Gasteiger partial charge in [-0.2, -0.15) is 10.5 Å². The maximum atomic E-state index is 8.91. The summed E-state index contributed by atoms with van der Waals surface area (Å²) in [4.78, 5) is 8.05. The number of aromatic nitrogens is 2. The minimum atomic E-state index is 0.0360. The smallest absolute Gasteiger partial charge is 0.177 e. The van der Waals surface area contributed by atoms with Crippen molar-refractivity contribution < 1.29 is 4.74 Å². The molecule has 0 N–H and O–H groups in total. The number of hydrogen-bond acceptors (Lipinski definition) is 5. The van der Waals surface area contributed by atoms with E-state index in [0.717, 1.165) is 11.3 Å². The Morgan fingerprint density at radius 3 is 2.37 bits per heavy atom. The largest absolute Gasteiger partial charge is 0.494 e. The highest BCUT2D eigenvalue weighted by Gasteiger charge is 2.08. The molecule has 0 aliphatic rings. The molecular weight excluding hydrogens is 240 g/mol. The first-order valence-electron chi connectivity index (χ1n) is 5.69. The molecule has 0 radical (unpaired) electrons. The van der Waals surface area contributed by atoms with E-state index in [4.69, 9.17) is 15.3 Å². The van der Waals surface area contributed by atoms with Gasteiger partial charge in [0.2, 0.25) is 0 Å². The Labute approximate surface area is 110 Å². The lowest BCUT2D eigenvalue weighted by atomic mass is 10.1. The zero-order chi connectivity index (χ0) is 13.7. The monoisotopic (exact) mass is 250 g/mol. The summed E-state index contributed by atoms with van der Waals surface area (Å²) in [6.07, 6.45) is 1.48. The first-order valence-corrected chi connectivity index (χ1v) is 5.69. The Kier molecular flexibility index (Phi) is 3.70. The summed E-state index contributed by atoms with van der Waals surface area (Å²) in [5, 5.41) is 17.7. The molecule has 2 aromatic rings. The highest BCUT2D eigenvalue weighted by atomic mass is 16.5. The van der Waals surface area contributed by atoms with Crippen LogP contribution in [0.1, 0.15) is 18.3 Å². The van der Waals surface area contributed by atoms with Crippen molar-refractivity contribution in [3.63, 3.8) is 0 Å². The van der Waals surface area contributed by atoms with Crippen LogP contribution in [0.3, 0.4) is 0 Å². The molecule has 0 saturated heterocycles. The van der Waals surface area contributed by atoms with Gasteiger partial charge in [-0.1, -0.05) is 0 Å². The summed E-state index contributed by atoms with van der Waals surface area (Å²) < 4.78 is 5.35. The second-order valence-corrected chi connectivity index (χ2v) is 3.63. The zero-order valence-electron chi connectivity index (χ0n) is 10.3. The molecule has 0 aliphatic heterocycles. The van der Waals surface area contributed by atoms with E-state index in [0.29, 0.717) is 12.3 Å². The fraction of sp³-hybridized carbons (Fsp3) is 0.143. The quantitative estimate of drug-likeness (QED) is 0.834. The average Bonchev–Trinajstić information content (AvgIpc) is 2.47. The molecule has 0 unspecified atom stereocenters. The molecule has 5 heteroatoms. The van der Waals surface area contributed by atoms with E-state index in [-0.39, 0.29) is 11.4 Å². The molecule has 0 atom stereocenters. The molecule has 1 aromatic carbocycles. The maximum Gasteiger partial charge on any atom is 0.177 e. The molecule has 0 saturated carbocycles. The van der Waals surface area contributed by atoms with Gasteiger partial charge in [0.05, 0.1) is 18.5 Å². The summed E-state index contributed by atoms with van der Waals surface area (Å²) in [6.45, 7) is 2.52. The third kappa shape index (κ3) is 2.67. The second-order valence-electron chi connectivity index (χ2n) is 3.63. The van der Waals surface area contributed by atoms with Gasteiger partial charge in [0.15, 0.2) is 11.4 Å². The van der Waals surface area contributed by atoms with Crippen LogP contribution in [0.5, 0.6) is 5.75 Å². The van der Waals surface area contributed by atoms with Crippen molar-refractivity contribution in [2.45, 2.75) is 6.92 Å². The number of nitriles is 2. The Hall–Kier alpha value is -2.92. The molecule has 19 heavy (non-hydrogen) atoms. The van der Waals surface area contributed by atoms with E-state index < -0.39 is 0 Å².